The normalized spacial score (nSPS) is 12.5. The van der Waals surface area contributed by atoms with Crippen LogP contribution in [0.25, 0.3) is 0 Å². The fourth-order valence-electron chi connectivity index (χ4n) is 1.23. The van der Waals surface area contributed by atoms with Gasteiger partial charge in [-0.25, -0.2) is 0 Å². The van der Waals surface area contributed by atoms with Gasteiger partial charge < -0.3 is 10.0 Å². The fraction of sp³-hybridized carbons (Fsp3) is 0.600. The van der Waals surface area contributed by atoms with Crippen LogP contribution in [0.2, 0.25) is 0 Å². The smallest absolute Gasteiger partial charge is 0.273 e. The standard InChI is InChI=1S/C10H16N2O2S/c1-7(4-5-13)12(3)10(14)9-6-8(2)15-11-9/h6-7,13H,4-5H2,1-3H3. The summed E-state index contributed by atoms with van der Waals surface area (Å²) in [5.74, 6) is -0.0831. The van der Waals surface area contributed by atoms with Crippen LogP contribution in [0.15, 0.2) is 6.07 Å². The van der Waals surface area contributed by atoms with Crippen molar-refractivity contribution in [1.82, 2.24) is 9.27 Å². The molecule has 0 spiro atoms. The summed E-state index contributed by atoms with van der Waals surface area (Å²) in [5, 5.41) is 8.79. The molecular formula is C10H16N2O2S. The molecule has 5 heteroatoms. The summed E-state index contributed by atoms with van der Waals surface area (Å²) in [6, 6.07) is 1.82. The monoisotopic (exact) mass is 228 g/mol. The van der Waals surface area contributed by atoms with Crippen molar-refractivity contribution in [2.75, 3.05) is 13.7 Å². The average Bonchev–Trinajstić information content (AvgIpc) is 2.63. The summed E-state index contributed by atoms with van der Waals surface area (Å²) in [7, 11) is 1.73. The number of aryl methyl sites for hydroxylation is 1. The van der Waals surface area contributed by atoms with Crippen molar-refractivity contribution in [2.24, 2.45) is 0 Å². The lowest BCUT2D eigenvalue weighted by Crippen LogP contribution is -2.35. The predicted molar refractivity (Wildman–Crippen MR) is 60.1 cm³/mol. The first-order valence-electron chi connectivity index (χ1n) is 4.87. The maximum absolute atomic E-state index is 11.9. The van der Waals surface area contributed by atoms with Gasteiger partial charge in [-0.2, -0.15) is 4.37 Å². The molecule has 1 amide bonds. The molecule has 0 aliphatic heterocycles. The van der Waals surface area contributed by atoms with E-state index in [4.69, 9.17) is 5.11 Å². The van der Waals surface area contributed by atoms with Gasteiger partial charge in [-0.3, -0.25) is 4.79 Å². The Labute approximate surface area is 93.7 Å². The Morgan fingerprint density at radius 2 is 2.40 bits per heavy atom. The Bertz CT molecular complexity index is 338. The van der Waals surface area contributed by atoms with Gasteiger partial charge in [-0.1, -0.05) is 0 Å². The first kappa shape index (κ1) is 12.1. The van der Waals surface area contributed by atoms with Crippen LogP contribution in [0.3, 0.4) is 0 Å². The molecule has 0 fully saturated rings. The van der Waals surface area contributed by atoms with E-state index < -0.39 is 0 Å². The van der Waals surface area contributed by atoms with E-state index >= 15 is 0 Å². The molecule has 1 atom stereocenters. The van der Waals surface area contributed by atoms with Crippen LogP contribution in [0.4, 0.5) is 0 Å². The van der Waals surface area contributed by atoms with Gasteiger partial charge >= 0.3 is 0 Å². The number of carbonyl (C=O) groups excluding carboxylic acids is 1. The van der Waals surface area contributed by atoms with E-state index in [9.17, 15) is 4.79 Å². The lowest BCUT2D eigenvalue weighted by atomic mass is 10.2. The minimum absolute atomic E-state index is 0.0320. The van der Waals surface area contributed by atoms with Gasteiger partial charge in [0.05, 0.1) is 0 Å². The fourth-order valence-corrected chi connectivity index (χ4v) is 1.77. The summed E-state index contributed by atoms with van der Waals surface area (Å²) in [4.78, 5) is 14.5. The zero-order valence-corrected chi connectivity index (χ0v) is 10.0. The van der Waals surface area contributed by atoms with E-state index in [0.717, 1.165) is 4.88 Å². The van der Waals surface area contributed by atoms with Crippen molar-refractivity contribution < 1.29 is 9.90 Å². The molecule has 4 nitrogen and oxygen atoms in total. The molecule has 1 aromatic heterocycles. The number of aliphatic hydroxyl groups excluding tert-OH is 1. The summed E-state index contributed by atoms with van der Waals surface area (Å²) < 4.78 is 4.07. The highest BCUT2D eigenvalue weighted by Gasteiger charge is 2.18. The molecule has 84 valence electrons. The molecule has 1 N–H and O–H groups in total. The van der Waals surface area contributed by atoms with Crippen LogP contribution in [0, 0.1) is 6.92 Å². The Kier molecular flexibility index (Phi) is 4.23. The van der Waals surface area contributed by atoms with Crippen LogP contribution in [0.5, 0.6) is 0 Å². The summed E-state index contributed by atoms with van der Waals surface area (Å²) >= 11 is 1.33. The molecule has 15 heavy (non-hydrogen) atoms. The molecule has 0 aliphatic carbocycles. The van der Waals surface area contributed by atoms with Gasteiger partial charge in [0.1, 0.15) is 5.69 Å². The summed E-state index contributed by atoms with van der Waals surface area (Å²) in [5.41, 5.74) is 0.491. The van der Waals surface area contributed by atoms with Crippen molar-refractivity contribution in [3.05, 3.63) is 16.6 Å². The average molecular weight is 228 g/mol. The highest BCUT2D eigenvalue weighted by atomic mass is 32.1. The second kappa shape index (κ2) is 5.23. The number of rotatable bonds is 4. The largest absolute Gasteiger partial charge is 0.396 e. The zero-order valence-electron chi connectivity index (χ0n) is 9.23. The molecular weight excluding hydrogens is 212 g/mol. The Morgan fingerprint density at radius 3 is 2.87 bits per heavy atom. The third-order valence-electron chi connectivity index (χ3n) is 2.38. The number of hydrogen-bond acceptors (Lipinski definition) is 4. The van der Waals surface area contributed by atoms with Crippen molar-refractivity contribution in [3.63, 3.8) is 0 Å². The molecule has 0 saturated heterocycles. The van der Waals surface area contributed by atoms with Crippen molar-refractivity contribution in [2.45, 2.75) is 26.3 Å². The predicted octanol–water partition coefficient (Wildman–Crippen LogP) is 1.29. The Balaban J connectivity index is 2.68. The van der Waals surface area contributed by atoms with Gasteiger partial charge in [-0.05, 0) is 37.9 Å². The Hall–Kier alpha value is -0.940. The zero-order chi connectivity index (χ0) is 11.4. The topological polar surface area (TPSA) is 53.4 Å². The quantitative estimate of drug-likeness (QED) is 0.845. The van der Waals surface area contributed by atoms with Crippen molar-refractivity contribution in [3.8, 4) is 0 Å². The maximum Gasteiger partial charge on any atom is 0.273 e. The van der Waals surface area contributed by atoms with Crippen LogP contribution >= 0.6 is 11.5 Å². The molecule has 0 bridgehead atoms. The number of amides is 1. The second-order valence-corrected chi connectivity index (χ2v) is 4.61. The summed E-state index contributed by atoms with van der Waals surface area (Å²) in [6.07, 6.45) is 0.589. The molecule has 0 saturated carbocycles. The summed E-state index contributed by atoms with van der Waals surface area (Å²) in [6.45, 7) is 3.92. The highest BCUT2D eigenvalue weighted by molar-refractivity contribution is 7.05. The number of nitrogens with zero attached hydrogens (tertiary/aromatic N) is 2. The molecule has 1 rings (SSSR count). The van der Waals surface area contributed by atoms with Gasteiger partial charge in [0.25, 0.3) is 5.91 Å². The third-order valence-corrected chi connectivity index (χ3v) is 3.07. The Morgan fingerprint density at radius 1 is 1.73 bits per heavy atom. The lowest BCUT2D eigenvalue weighted by molar-refractivity contribution is 0.0718. The van der Waals surface area contributed by atoms with Gasteiger partial charge in [-0.15, -0.1) is 0 Å². The van der Waals surface area contributed by atoms with E-state index in [2.05, 4.69) is 4.37 Å². The van der Waals surface area contributed by atoms with Gasteiger partial charge in [0.15, 0.2) is 0 Å². The molecule has 1 heterocycles. The number of carbonyl (C=O) groups is 1. The maximum atomic E-state index is 11.9. The van der Waals surface area contributed by atoms with Crippen molar-refractivity contribution in [1.29, 1.82) is 0 Å². The SMILES string of the molecule is Cc1cc(C(=O)N(C)C(C)CCO)ns1. The van der Waals surface area contributed by atoms with Crippen LogP contribution < -0.4 is 0 Å². The molecule has 1 aromatic rings. The molecule has 1 unspecified atom stereocenters. The van der Waals surface area contributed by atoms with E-state index in [0.29, 0.717) is 12.1 Å². The van der Waals surface area contributed by atoms with Gasteiger partial charge in [0, 0.05) is 24.6 Å². The third kappa shape index (κ3) is 3.00. The van der Waals surface area contributed by atoms with Crippen LogP contribution in [-0.4, -0.2) is 40.0 Å². The number of aliphatic hydroxyl groups is 1. The van der Waals surface area contributed by atoms with E-state index in [1.54, 1.807) is 18.0 Å². The van der Waals surface area contributed by atoms with Crippen LogP contribution in [-0.2, 0) is 0 Å². The minimum Gasteiger partial charge on any atom is -0.396 e. The van der Waals surface area contributed by atoms with Gasteiger partial charge in [0.2, 0.25) is 0 Å². The molecule has 0 aromatic carbocycles. The van der Waals surface area contributed by atoms with E-state index in [-0.39, 0.29) is 18.6 Å². The minimum atomic E-state index is -0.0831. The van der Waals surface area contributed by atoms with Crippen LogP contribution in [0.1, 0.15) is 28.7 Å². The molecule has 0 radical (unpaired) electrons. The van der Waals surface area contributed by atoms with E-state index in [1.165, 1.54) is 11.5 Å². The number of hydrogen-bond donors (Lipinski definition) is 1. The van der Waals surface area contributed by atoms with E-state index in [1.807, 2.05) is 13.8 Å². The molecule has 0 aliphatic rings. The number of aromatic nitrogens is 1. The first-order valence-corrected chi connectivity index (χ1v) is 5.65. The lowest BCUT2D eigenvalue weighted by Gasteiger charge is -2.23. The second-order valence-electron chi connectivity index (χ2n) is 3.60. The van der Waals surface area contributed by atoms with Crippen molar-refractivity contribution >= 4 is 17.4 Å². The highest BCUT2D eigenvalue weighted by Crippen LogP contribution is 2.12. The first-order chi connectivity index (χ1) is 7.06.